The number of allylic oxidation sites excluding steroid dienone is 1. The highest BCUT2D eigenvalue weighted by Crippen LogP contribution is 2.52. The summed E-state index contributed by atoms with van der Waals surface area (Å²) in [4.78, 5) is 12.5. The van der Waals surface area contributed by atoms with Gasteiger partial charge < -0.3 is 19.7 Å². The van der Waals surface area contributed by atoms with Crippen molar-refractivity contribution in [2.75, 3.05) is 7.11 Å². The van der Waals surface area contributed by atoms with Gasteiger partial charge in [0.25, 0.3) is 0 Å². The summed E-state index contributed by atoms with van der Waals surface area (Å²) in [6, 6.07) is 0. The van der Waals surface area contributed by atoms with E-state index in [0.717, 1.165) is 30.6 Å². The van der Waals surface area contributed by atoms with Crippen LogP contribution in [0.15, 0.2) is 23.0 Å². The standard InChI is InChI=1S/C22H34O5/c1-13(6-9-19(24)21(2,3)25)14-10-11-22(4)16(14)12-15-17(23)7-8-18(26-5)20(15)27-22/h10,13,16,18-19,24-25H,6-9,11-12H2,1-5H3. The van der Waals surface area contributed by atoms with Crippen LogP contribution in [-0.4, -0.2) is 46.5 Å². The molecule has 2 aliphatic carbocycles. The number of aliphatic hydroxyl groups is 2. The number of Topliss-reactive ketones (excluding diaryl/α,β-unsaturated/α-hetero) is 1. The van der Waals surface area contributed by atoms with Gasteiger partial charge in [-0.2, -0.15) is 0 Å². The number of hydrogen-bond donors (Lipinski definition) is 2. The molecule has 5 unspecified atom stereocenters. The topological polar surface area (TPSA) is 76.0 Å². The SMILES string of the molecule is COC1CCC(=O)C2=C1OC1(C)CC=C(C(C)CCC(O)C(C)(C)O)C1C2. The van der Waals surface area contributed by atoms with Crippen molar-refractivity contribution in [3.05, 3.63) is 23.0 Å². The first-order valence-electron chi connectivity index (χ1n) is 10.1. The third kappa shape index (κ3) is 3.87. The van der Waals surface area contributed by atoms with Crippen molar-refractivity contribution in [3.8, 4) is 0 Å². The Labute approximate surface area is 162 Å². The molecule has 0 spiro atoms. The van der Waals surface area contributed by atoms with Gasteiger partial charge in [-0.05, 0) is 52.4 Å². The van der Waals surface area contributed by atoms with Crippen molar-refractivity contribution in [1.29, 1.82) is 0 Å². The number of hydrogen-bond acceptors (Lipinski definition) is 5. The molecule has 0 fully saturated rings. The van der Waals surface area contributed by atoms with Crippen LogP contribution < -0.4 is 0 Å². The van der Waals surface area contributed by atoms with Gasteiger partial charge in [-0.3, -0.25) is 4.79 Å². The van der Waals surface area contributed by atoms with Gasteiger partial charge in [-0.25, -0.2) is 0 Å². The molecule has 0 aromatic heterocycles. The Morgan fingerprint density at radius 1 is 1.41 bits per heavy atom. The van der Waals surface area contributed by atoms with E-state index in [0.29, 0.717) is 19.3 Å². The molecule has 2 N–H and O–H groups in total. The van der Waals surface area contributed by atoms with Gasteiger partial charge in [0.2, 0.25) is 0 Å². The predicted octanol–water partition coefficient (Wildman–Crippen LogP) is 3.29. The van der Waals surface area contributed by atoms with Crippen LogP contribution in [0, 0.1) is 11.8 Å². The lowest BCUT2D eigenvalue weighted by atomic mass is 9.73. The summed E-state index contributed by atoms with van der Waals surface area (Å²) in [5, 5.41) is 20.1. The van der Waals surface area contributed by atoms with Gasteiger partial charge in [0.15, 0.2) is 5.78 Å². The summed E-state index contributed by atoms with van der Waals surface area (Å²) in [5.41, 5.74) is 0.716. The maximum Gasteiger partial charge on any atom is 0.162 e. The molecule has 0 aromatic carbocycles. The van der Waals surface area contributed by atoms with Gasteiger partial charge in [-0.15, -0.1) is 0 Å². The second-order valence-electron chi connectivity index (χ2n) is 9.26. The average molecular weight is 379 g/mol. The molecule has 0 amide bonds. The Kier molecular flexibility index (Phi) is 5.59. The van der Waals surface area contributed by atoms with E-state index < -0.39 is 11.7 Å². The van der Waals surface area contributed by atoms with Crippen LogP contribution in [0.2, 0.25) is 0 Å². The van der Waals surface area contributed by atoms with Crippen LogP contribution >= 0.6 is 0 Å². The molecule has 0 saturated carbocycles. The molecule has 0 radical (unpaired) electrons. The normalized spacial score (nSPS) is 33.1. The molecule has 5 atom stereocenters. The quantitative estimate of drug-likeness (QED) is 0.694. The van der Waals surface area contributed by atoms with Crippen LogP contribution in [0.25, 0.3) is 0 Å². The predicted molar refractivity (Wildman–Crippen MR) is 103 cm³/mol. The first-order chi connectivity index (χ1) is 12.6. The summed E-state index contributed by atoms with van der Waals surface area (Å²) in [7, 11) is 1.68. The highest BCUT2D eigenvalue weighted by molar-refractivity contribution is 5.97. The average Bonchev–Trinajstić information content (AvgIpc) is 2.94. The molecule has 152 valence electrons. The number of aliphatic hydroxyl groups excluding tert-OH is 1. The summed E-state index contributed by atoms with van der Waals surface area (Å²) < 4.78 is 12.0. The Hall–Kier alpha value is -1.17. The number of fused-ring (bicyclic) bond motifs is 1. The molecule has 1 aliphatic heterocycles. The van der Waals surface area contributed by atoms with E-state index in [1.807, 2.05) is 0 Å². The number of ether oxygens (including phenoxy) is 2. The molecule has 3 rings (SSSR count). The number of rotatable bonds is 6. The largest absolute Gasteiger partial charge is 0.488 e. The van der Waals surface area contributed by atoms with E-state index in [4.69, 9.17) is 9.47 Å². The van der Waals surface area contributed by atoms with Crippen molar-refractivity contribution in [2.24, 2.45) is 11.8 Å². The fourth-order valence-corrected chi connectivity index (χ4v) is 4.77. The Bertz CT molecular complexity index is 656. The van der Waals surface area contributed by atoms with Gasteiger partial charge in [-0.1, -0.05) is 18.6 Å². The monoisotopic (exact) mass is 378 g/mol. The Morgan fingerprint density at radius 2 is 2.11 bits per heavy atom. The zero-order valence-corrected chi connectivity index (χ0v) is 17.2. The summed E-state index contributed by atoms with van der Waals surface area (Å²) in [5.74, 6) is 1.41. The molecule has 0 aromatic rings. The van der Waals surface area contributed by atoms with Crippen molar-refractivity contribution >= 4 is 5.78 Å². The Balaban J connectivity index is 1.75. The second kappa shape index (κ2) is 7.34. The number of methoxy groups -OCH3 is 1. The van der Waals surface area contributed by atoms with E-state index in [9.17, 15) is 15.0 Å². The zero-order chi connectivity index (χ0) is 20.0. The van der Waals surface area contributed by atoms with E-state index in [1.54, 1.807) is 21.0 Å². The number of ketones is 1. The highest BCUT2D eigenvalue weighted by Gasteiger charge is 2.50. The maximum atomic E-state index is 12.5. The molecule has 5 heteroatoms. The molecular weight excluding hydrogens is 344 g/mol. The van der Waals surface area contributed by atoms with Crippen molar-refractivity contribution < 1.29 is 24.5 Å². The smallest absolute Gasteiger partial charge is 0.162 e. The number of carbonyl (C=O) groups is 1. The molecule has 27 heavy (non-hydrogen) atoms. The lowest BCUT2D eigenvalue weighted by Gasteiger charge is -2.44. The minimum Gasteiger partial charge on any atom is -0.488 e. The summed E-state index contributed by atoms with van der Waals surface area (Å²) >= 11 is 0. The highest BCUT2D eigenvalue weighted by atomic mass is 16.5. The summed E-state index contributed by atoms with van der Waals surface area (Å²) in [6.07, 6.45) is 5.51. The third-order valence-electron chi connectivity index (χ3n) is 6.74. The van der Waals surface area contributed by atoms with E-state index in [-0.39, 0.29) is 29.3 Å². The number of carbonyl (C=O) groups excluding carboxylic acids is 1. The fraction of sp³-hybridized carbons (Fsp3) is 0.773. The summed E-state index contributed by atoms with van der Waals surface area (Å²) in [6.45, 7) is 7.57. The minimum absolute atomic E-state index is 0.112. The first-order valence-corrected chi connectivity index (χ1v) is 10.1. The molecule has 5 nitrogen and oxygen atoms in total. The van der Waals surface area contributed by atoms with E-state index in [2.05, 4.69) is 19.9 Å². The first kappa shape index (κ1) is 20.6. The molecular formula is C22H34O5. The molecule has 0 saturated heterocycles. The minimum atomic E-state index is -1.09. The van der Waals surface area contributed by atoms with Crippen LogP contribution in [0.3, 0.4) is 0 Å². The maximum absolute atomic E-state index is 12.5. The van der Waals surface area contributed by atoms with Crippen molar-refractivity contribution in [2.45, 2.75) is 89.6 Å². The second-order valence-corrected chi connectivity index (χ2v) is 9.26. The molecule has 3 aliphatic rings. The lowest BCUT2D eigenvalue weighted by Crippen LogP contribution is -2.44. The lowest BCUT2D eigenvalue weighted by molar-refractivity contribution is -0.122. The van der Waals surface area contributed by atoms with Crippen LogP contribution in [0.5, 0.6) is 0 Å². The molecule has 0 bridgehead atoms. The zero-order valence-electron chi connectivity index (χ0n) is 17.2. The van der Waals surface area contributed by atoms with Crippen molar-refractivity contribution in [3.63, 3.8) is 0 Å². The van der Waals surface area contributed by atoms with Gasteiger partial charge in [0.05, 0.1) is 11.7 Å². The van der Waals surface area contributed by atoms with Gasteiger partial charge in [0, 0.05) is 31.4 Å². The van der Waals surface area contributed by atoms with Crippen LogP contribution in [0.4, 0.5) is 0 Å². The third-order valence-corrected chi connectivity index (χ3v) is 6.74. The van der Waals surface area contributed by atoms with Gasteiger partial charge >= 0.3 is 0 Å². The molecule has 1 heterocycles. The van der Waals surface area contributed by atoms with Crippen molar-refractivity contribution in [1.82, 2.24) is 0 Å². The van der Waals surface area contributed by atoms with Gasteiger partial charge in [0.1, 0.15) is 17.5 Å². The van der Waals surface area contributed by atoms with Crippen LogP contribution in [-0.2, 0) is 14.3 Å². The van der Waals surface area contributed by atoms with E-state index in [1.165, 1.54) is 5.57 Å². The van der Waals surface area contributed by atoms with E-state index >= 15 is 0 Å². The Morgan fingerprint density at radius 3 is 2.74 bits per heavy atom. The van der Waals surface area contributed by atoms with Crippen LogP contribution in [0.1, 0.15) is 66.2 Å². The fourth-order valence-electron chi connectivity index (χ4n) is 4.77.